The third kappa shape index (κ3) is 3.38. The van der Waals surface area contributed by atoms with Gasteiger partial charge in [-0.2, -0.15) is 4.98 Å². The topological polar surface area (TPSA) is 54.4 Å². The van der Waals surface area contributed by atoms with E-state index >= 15 is 0 Å². The van der Waals surface area contributed by atoms with Gasteiger partial charge in [0.1, 0.15) is 5.82 Å². The summed E-state index contributed by atoms with van der Waals surface area (Å²) in [5, 5.41) is 12.5. The van der Waals surface area contributed by atoms with E-state index in [0.29, 0.717) is 12.5 Å². The Labute approximate surface area is 96.7 Å². The zero-order valence-electron chi connectivity index (χ0n) is 10.2. The van der Waals surface area contributed by atoms with Crippen LogP contribution in [0.2, 0.25) is 0 Å². The fourth-order valence-electron chi connectivity index (χ4n) is 1.26. The number of aliphatic hydroxyl groups excluding tert-OH is 1. The van der Waals surface area contributed by atoms with Crippen molar-refractivity contribution in [3.63, 3.8) is 0 Å². The molecule has 0 radical (unpaired) electrons. The molecule has 90 valence electrons. The van der Waals surface area contributed by atoms with Crippen molar-refractivity contribution in [3.05, 3.63) is 18.2 Å². The molecule has 0 saturated heterocycles. The number of nitrogens with one attached hydrogen (secondary N) is 1. The highest BCUT2D eigenvalue weighted by molar-refractivity contribution is 5.39. The molecule has 2 N–H and O–H groups in total. The third-order valence-electron chi connectivity index (χ3n) is 2.57. The lowest BCUT2D eigenvalue weighted by molar-refractivity contribution is 0.218. The molecule has 0 bridgehead atoms. The number of pyridine rings is 1. The van der Waals surface area contributed by atoms with Crippen LogP contribution < -0.4 is 10.1 Å². The molecule has 0 saturated carbocycles. The highest BCUT2D eigenvalue weighted by atomic mass is 16.5. The monoisotopic (exact) mass is 224 g/mol. The van der Waals surface area contributed by atoms with Gasteiger partial charge < -0.3 is 15.2 Å². The molecular formula is C12H20N2O2. The Morgan fingerprint density at radius 2 is 2.19 bits per heavy atom. The fraction of sp³-hybridized carbons (Fsp3) is 0.583. The zero-order valence-corrected chi connectivity index (χ0v) is 10.2. The van der Waals surface area contributed by atoms with E-state index in [-0.39, 0.29) is 12.1 Å². The lowest BCUT2D eigenvalue weighted by Gasteiger charge is -2.27. The summed E-state index contributed by atoms with van der Waals surface area (Å²) in [5.74, 6) is 1.33. The van der Waals surface area contributed by atoms with Crippen molar-refractivity contribution in [2.45, 2.75) is 32.7 Å². The molecule has 16 heavy (non-hydrogen) atoms. The molecule has 4 nitrogen and oxygen atoms in total. The maximum Gasteiger partial charge on any atom is 0.215 e. The van der Waals surface area contributed by atoms with Crippen molar-refractivity contribution < 1.29 is 9.84 Å². The Balaban J connectivity index is 2.76. The molecule has 1 rings (SSSR count). The van der Waals surface area contributed by atoms with Gasteiger partial charge in [0.25, 0.3) is 0 Å². The summed E-state index contributed by atoms with van der Waals surface area (Å²) in [6, 6.07) is 5.57. The first-order valence-corrected chi connectivity index (χ1v) is 5.62. The molecule has 1 unspecified atom stereocenters. The van der Waals surface area contributed by atoms with Crippen LogP contribution in [0.3, 0.4) is 0 Å². The Hall–Kier alpha value is -1.29. The van der Waals surface area contributed by atoms with Crippen molar-refractivity contribution in [2.75, 3.05) is 18.5 Å². The number of hydrogen-bond donors (Lipinski definition) is 2. The molecule has 0 aliphatic heterocycles. The van der Waals surface area contributed by atoms with Crippen molar-refractivity contribution >= 4 is 5.82 Å². The first-order valence-electron chi connectivity index (χ1n) is 5.62. The second-order valence-corrected chi connectivity index (χ2v) is 3.99. The summed E-state index contributed by atoms with van der Waals surface area (Å²) in [5.41, 5.74) is -0.335. The van der Waals surface area contributed by atoms with Crippen LogP contribution in [0.4, 0.5) is 5.82 Å². The number of nitrogens with zero attached hydrogens (tertiary/aromatic N) is 1. The van der Waals surface area contributed by atoms with E-state index in [1.54, 1.807) is 0 Å². The van der Waals surface area contributed by atoms with Crippen molar-refractivity contribution in [1.29, 1.82) is 0 Å². The van der Waals surface area contributed by atoms with Crippen molar-refractivity contribution in [3.8, 4) is 5.88 Å². The normalized spacial score (nSPS) is 14.2. The molecule has 1 heterocycles. The minimum absolute atomic E-state index is 0.0735. The highest BCUT2D eigenvalue weighted by Gasteiger charge is 2.20. The van der Waals surface area contributed by atoms with Crippen LogP contribution in [0.15, 0.2) is 18.2 Å². The minimum atomic E-state index is -0.335. The van der Waals surface area contributed by atoms with Crippen LogP contribution in [0.25, 0.3) is 0 Å². The first kappa shape index (κ1) is 12.8. The van der Waals surface area contributed by atoms with Crippen LogP contribution in [-0.4, -0.2) is 28.8 Å². The molecule has 0 spiro atoms. The van der Waals surface area contributed by atoms with Gasteiger partial charge in [-0.05, 0) is 26.3 Å². The van der Waals surface area contributed by atoms with Crippen LogP contribution in [0.1, 0.15) is 27.2 Å². The standard InChI is InChI=1S/C12H20N2O2/c1-4-12(3,9-15)14-10-7-6-8-11(13-10)16-5-2/h6-8,15H,4-5,9H2,1-3H3,(H,13,14). The summed E-state index contributed by atoms with van der Waals surface area (Å²) in [7, 11) is 0. The second-order valence-electron chi connectivity index (χ2n) is 3.99. The Bertz CT molecular complexity index is 325. The smallest absolute Gasteiger partial charge is 0.215 e. The van der Waals surface area contributed by atoms with E-state index in [9.17, 15) is 5.11 Å². The summed E-state index contributed by atoms with van der Waals surface area (Å²) in [6.45, 7) is 6.58. The Kier molecular flexibility index (Phi) is 4.55. The highest BCUT2D eigenvalue weighted by Crippen LogP contribution is 2.18. The molecule has 0 fully saturated rings. The van der Waals surface area contributed by atoms with Gasteiger partial charge in [0.2, 0.25) is 5.88 Å². The van der Waals surface area contributed by atoms with E-state index in [4.69, 9.17) is 4.74 Å². The van der Waals surface area contributed by atoms with E-state index in [2.05, 4.69) is 10.3 Å². The lowest BCUT2D eigenvalue weighted by atomic mass is 10.0. The zero-order chi connectivity index (χ0) is 12.0. The maximum absolute atomic E-state index is 9.30. The molecule has 1 aromatic heterocycles. The van der Waals surface area contributed by atoms with Gasteiger partial charge in [0.05, 0.1) is 18.8 Å². The Morgan fingerprint density at radius 3 is 2.75 bits per heavy atom. The van der Waals surface area contributed by atoms with Crippen molar-refractivity contribution in [1.82, 2.24) is 4.98 Å². The quantitative estimate of drug-likeness (QED) is 0.776. The summed E-state index contributed by atoms with van der Waals surface area (Å²) in [6.07, 6.45) is 0.823. The number of aromatic nitrogens is 1. The van der Waals surface area contributed by atoms with Gasteiger partial charge in [-0.1, -0.05) is 13.0 Å². The summed E-state index contributed by atoms with van der Waals surface area (Å²) < 4.78 is 5.31. The number of hydrogen-bond acceptors (Lipinski definition) is 4. The van der Waals surface area contributed by atoms with Crippen LogP contribution in [-0.2, 0) is 0 Å². The lowest BCUT2D eigenvalue weighted by Crippen LogP contribution is -2.38. The van der Waals surface area contributed by atoms with Crippen LogP contribution in [0, 0.1) is 0 Å². The van der Waals surface area contributed by atoms with E-state index in [1.165, 1.54) is 0 Å². The van der Waals surface area contributed by atoms with Crippen molar-refractivity contribution in [2.24, 2.45) is 0 Å². The minimum Gasteiger partial charge on any atom is -0.478 e. The molecule has 0 aromatic carbocycles. The maximum atomic E-state index is 9.30. The van der Waals surface area contributed by atoms with Crippen LogP contribution >= 0.6 is 0 Å². The van der Waals surface area contributed by atoms with Gasteiger partial charge in [-0.3, -0.25) is 0 Å². The summed E-state index contributed by atoms with van der Waals surface area (Å²) in [4.78, 5) is 4.30. The molecular weight excluding hydrogens is 204 g/mol. The molecule has 0 aliphatic rings. The Morgan fingerprint density at radius 1 is 1.44 bits per heavy atom. The second kappa shape index (κ2) is 5.70. The molecule has 1 atom stereocenters. The molecule has 1 aromatic rings. The average Bonchev–Trinajstić information content (AvgIpc) is 2.30. The number of ether oxygens (including phenoxy) is 1. The number of aliphatic hydroxyl groups is 1. The van der Waals surface area contributed by atoms with Gasteiger partial charge in [-0.25, -0.2) is 0 Å². The fourth-order valence-corrected chi connectivity index (χ4v) is 1.26. The summed E-state index contributed by atoms with van der Waals surface area (Å²) >= 11 is 0. The van der Waals surface area contributed by atoms with E-state index in [0.717, 1.165) is 12.2 Å². The van der Waals surface area contributed by atoms with E-state index in [1.807, 2.05) is 39.0 Å². The average molecular weight is 224 g/mol. The van der Waals surface area contributed by atoms with Gasteiger partial charge in [0.15, 0.2) is 0 Å². The first-order chi connectivity index (χ1) is 7.63. The van der Waals surface area contributed by atoms with Gasteiger partial charge in [-0.15, -0.1) is 0 Å². The number of anilines is 1. The number of rotatable bonds is 6. The van der Waals surface area contributed by atoms with Gasteiger partial charge in [0, 0.05) is 6.07 Å². The van der Waals surface area contributed by atoms with E-state index < -0.39 is 0 Å². The van der Waals surface area contributed by atoms with Crippen LogP contribution in [0.5, 0.6) is 5.88 Å². The van der Waals surface area contributed by atoms with Gasteiger partial charge >= 0.3 is 0 Å². The SMILES string of the molecule is CCOc1cccc(NC(C)(CC)CO)n1. The molecule has 0 aliphatic carbocycles. The third-order valence-corrected chi connectivity index (χ3v) is 2.57. The molecule has 4 heteroatoms. The predicted octanol–water partition coefficient (Wildman–Crippen LogP) is 2.05. The molecule has 0 amide bonds. The predicted molar refractivity (Wildman–Crippen MR) is 64.8 cm³/mol. The largest absolute Gasteiger partial charge is 0.478 e.